The lowest BCUT2D eigenvalue weighted by atomic mass is 10.2. The van der Waals surface area contributed by atoms with Crippen LogP contribution in [0.1, 0.15) is 16.7 Å². The van der Waals surface area contributed by atoms with E-state index in [-0.39, 0.29) is 5.28 Å². The standard InChI is InChI=1S/C19H16ClN7/c1-12-4-3-5-14(6-12)9-23-26-17-16-18(25-19(20)24-17)27(11-22-16)15-7-13(2)8-21-10-15/h3-11H,1-2H3,(H,24,25,26)/b23-9+. The summed E-state index contributed by atoms with van der Waals surface area (Å²) in [6.45, 7) is 4.01. The van der Waals surface area contributed by atoms with Crippen LogP contribution in [-0.2, 0) is 0 Å². The van der Waals surface area contributed by atoms with Crippen molar-refractivity contribution in [3.8, 4) is 5.69 Å². The first-order chi connectivity index (χ1) is 13.1. The van der Waals surface area contributed by atoms with Gasteiger partial charge < -0.3 is 0 Å². The van der Waals surface area contributed by atoms with Crippen molar-refractivity contribution in [2.45, 2.75) is 13.8 Å². The van der Waals surface area contributed by atoms with Gasteiger partial charge in [-0.3, -0.25) is 15.0 Å². The van der Waals surface area contributed by atoms with Crippen LogP contribution in [0.5, 0.6) is 0 Å². The molecule has 0 aliphatic carbocycles. The van der Waals surface area contributed by atoms with E-state index in [1.165, 1.54) is 0 Å². The highest BCUT2D eigenvalue weighted by Gasteiger charge is 2.13. The minimum absolute atomic E-state index is 0.109. The number of benzene rings is 1. The molecule has 0 aliphatic heterocycles. The predicted octanol–water partition coefficient (Wildman–Crippen LogP) is 3.93. The van der Waals surface area contributed by atoms with Crippen LogP contribution in [0.15, 0.2) is 54.2 Å². The summed E-state index contributed by atoms with van der Waals surface area (Å²) >= 11 is 6.12. The van der Waals surface area contributed by atoms with Crippen LogP contribution in [0, 0.1) is 13.8 Å². The number of imidazole rings is 1. The molecule has 0 fully saturated rings. The number of fused-ring (bicyclic) bond motifs is 1. The molecule has 3 aromatic heterocycles. The number of hydrazone groups is 1. The minimum atomic E-state index is 0.109. The SMILES string of the molecule is Cc1cccc(/C=N/Nc2nc(Cl)nc3c2ncn3-c2cncc(C)c2)c1. The van der Waals surface area contributed by atoms with Crippen LogP contribution in [-0.4, -0.2) is 30.7 Å². The van der Waals surface area contributed by atoms with Gasteiger partial charge >= 0.3 is 0 Å². The topological polar surface area (TPSA) is 80.9 Å². The molecule has 0 amide bonds. The van der Waals surface area contributed by atoms with Crippen molar-refractivity contribution in [1.29, 1.82) is 0 Å². The first-order valence-corrected chi connectivity index (χ1v) is 8.66. The highest BCUT2D eigenvalue weighted by Crippen LogP contribution is 2.23. The van der Waals surface area contributed by atoms with Crippen molar-refractivity contribution >= 4 is 34.8 Å². The van der Waals surface area contributed by atoms with E-state index in [0.29, 0.717) is 17.0 Å². The van der Waals surface area contributed by atoms with E-state index >= 15 is 0 Å². The lowest BCUT2D eigenvalue weighted by molar-refractivity contribution is 1.04. The second-order valence-electron chi connectivity index (χ2n) is 6.13. The molecule has 0 atom stereocenters. The molecular weight excluding hydrogens is 362 g/mol. The van der Waals surface area contributed by atoms with Gasteiger partial charge in [0, 0.05) is 6.20 Å². The highest BCUT2D eigenvalue weighted by atomic mass is 35.5. The van der Waals surface area contributed by atoms with Crippen LogP contribution in [0.4, 0.5) is 5.82 Å². The molecular formula is C19H16ClN7. The largest absolute Gasteiger partial charge is 0.282 e. The van der Waals surface area contributed by atoms with E-state index in [4.69, 9.17) is 11.6 Å². The summed E-state index contributed by atoms with van der Waals surface area (Å²) in [5.41, 5.74) is 8.10. The minimum Gasteiger partial charge on any atom is -0.282 e. The maximum absolute atomic E-state index is 6.12. The third kappa shape index (κ3) is 3.63. The average Bonchev–Trinajstić information content (AvgIpc) is 3.05. The summed E-state index contributed by atoms with van der Waals surface area (Å²) in [6, 6.07) is 10.0. The van der Waals surface area contributed by atoms with Gasteiger partial charge in [0.05, 0.1) is 18.1 Å². The summed E-state index contributed by atoms with van der Waals surface area (Å²) in [7, 11) is 0. The molecule has 4 rings (SSSR count). The maximum atomic E-state index is 6.12. The molecule has 134 valence electrons. The van der Waals surface area contributed by atoms with Gasteiger partial charge in [0.15, 0.2) is 17.0 Å². The fourth-order valence-electron chi connectivity index (χ4n) is 2.73. The Morgan fingerprint density at radius 1 is 1.11 bits per heavy atom. The molecule has 1 aromatic carbocycles. The van der Waals surface area contributed by atoms with Gasteiger partial charge in [-0.05, 0) is 42.6 Å². The number of hydrogen-bond acceptors (Lipinski definition) is 6. The van der Waals surface area contributed by atoms with Crippen LogP contribution in [0.3, 0.4) is 0 Å². The third-order valence-electron chi connectivity index (χ3n) is 3.93. The Labute approximate surface area is 160 Å². The Kier molecular flexibility index (Phi) is 4.52. The summed E-state index contributed by atoms with van der Waals surface area (Å²) in [5.74, 6) is 0.438. The Hall–Kier alpha value is -3.32. The molecule has 4 aromatic rings. The Morgan fingerprint density at radius 2 is 2.00 bits per heavy atom. The quantitative estimate of drug-likeness (QED) is 0.331. The number of aromatic nitrogens is 5. The summed E-state index contributed by atoms with van der Waals surface area (Å²) < 4.78 is 1.82. The molecule has 0 radical (unpaired) electrons. The second-order valence-corrected chi connectivity index (χ2v) is 6.47. The molecule has 0 saturated heterocycles. The zero-order chi connectivity index (χ0) is 18.8. The zero-order valence-corrected chi connectivity index (χ0v) is 15.5. The van der Waals surface area contributed by atoms with Crippen molar-refractivity contribution < 1.29 is 0 Å². The van der Waals surface area contributed by atoms with Crippen molar-refractivity contribution in [2.75, 3.05) is 5.43 Å². The fourth-order valence-corrected chi connectivity index (χ4v) is 2.89. The number of halogens is 1. The van der Waals surface area contributed by atoms with E-state index in [9.17, 15) is 0 Å². The predicted molar refractivity (Wildman–Crippen MR) is 107 cm³/mol. The number of aryl methyl sites for hydroxylation is 2. The lowest BCUT2D eigenvalue weighted by Crippen LogP contribution is -2.00. The summed E-state index contributed by atoms with van der Waals surface area (Å²) in [4.78, 5) is 17.2. The number of nitrogens with one attached hydrogen (secondary N) is 1. The first-order valence-electron chi connectivity index (χ1n) is 8.28. The third-order valence-corrected chi connectivity index (χ3v) is 4.10. The molecule has 27 heavy (non-hydrogen) atoms. The molecule has 0 saturated carbocycles. The van der Waals surface area contributed by atoms with Gasteiger partial charge in [0.2, 0.25) is 5.28 Å². The number of nitrogens with zero attached hydrogens (tertiary/aromatic N) is 6. The van der Waals surface area contributed by atoms with E-state index in [0.717, 1.165) is 22.4 Å². The van der Waals surface area contributed by atoms with E-state index in [1.54, 1.807) is 24.9 Å². The van der Waals surface area contributed by atoms with Crippen LogP contribution in [0.2, 0.25) is 5.28 Å². The monoisotopic (exact) mass is 377 g/mol. The van der Waals surface area contributed by atoms with Crippen molar-refractivity contribution in [1.82, 2.24) is 24.5 Å². The Bertz CT molecular complexity index is 1150. The molecule has 7 nitrogen and oxygen atoms in total. The molecule has 8 heteroatoms. The van der Waals surface area contributed by atoms with Gasteiger partial charge in [0.25, 0.3) is 0 Å². The van der Waals surface area contributed by atoms with Crippen molar-refractivity contribution in [2.24, 2.45) is 5.10 Å². The highest BCUT2D eigenvalue weighted by molar-refractivity contribution is 6.28. The average molecular weight is 378 g/mol. The molecule has 0 unspecified atom stereocenters. The van der Waals surface area contributed by atoms with Crippen LogP contribution in [0.25, 0.3) is 16.9 Å². The van der Waals surface area contributed by atoms with Crippen LogP contribution < -0.4 is 5.43 Å². The van der Waals surface area contributed by atoms with Crippen molar-refractivity contribution in [3.05, 3.63) is 71.0 Å². The van der Waals surface area contributed by atoms with Gasteiger partial charge in [-0.15, -0.1) is 0 Å². The fraction of sp³-hybridized carbons (Fsp3) is 0.105. The van der Waals surface area contributed by atoms with Gasteiger partial charge in [-0.25, -0.2) is 4.98 Å². The summed E-state index contributed by atoms with van der Waals surface area (Å²) in [6.07, 6.45) is 6.92. The van der Waals surface area contributed by atoms with Gasteiger partial charge in [-0.2, -0.15) is 15.1 Å². The van der Waals surface area contributed by atoms with Gasteiger partial charge in [-0.1, -0.05) is 29.8 Å². The number of hydrogen-bond donors (Lipinski definition) is 1. The molecule has 1 N–H and O–H groups in total. The first kappa shape index (κ1) is 17.1. The second kappa shape index (κ2) is 7.13. The Balaban J connectivity index is 1.70. The molecule has 0 spiro atoms. The summed E-state index contributed by atoms with van der Waals surface area (Å²) in [5, 5.41) is 4.36. The van der Waals surface area contributed by atoms with E-state index < -0.39 is 0 Å². The molecule has 3 heterocycles. The molecule has 0 bridgehead atoms. The van der Waals surface area contributed by atoms with Crippen molar-refractivity contribution in [3.63, 3.8) is 0 Å². The molecule has 0 aliphatic rings. The smallest absolute Gasteiger partial charge is 0.226 e. The number of pyridine rings is 1. The number of anilines is 1. The van der Waals surface area contributed by atoms with Gasteiger partial charge in [0.1, 0.15) is 6.33 Å². The maximum Gasteiger partial charge on any atom is 0.226 e. The zero-order valence-electron chi connectivity index (χ0n) is 14.8. The van der Waals surface area contributed by atoms with E-state index in [2.05, 4.69) is 30.5 Å². The number of rotatable bonds is 4. The van der Waals surface area contributed by atoms with E-state index in [1.807, 2.05) is 48.7 Å². The van der Waals surface area contributed by atoms with Crippen LogP contribution >= 0.6 is 11.6 Å². The normalized spacial score (nSPS) is 11.4. The Morgan fingerprint density at radius 3 is 2.81 bits per heavy atom. The lowest BCUT2D eigenvalue weighted by Gasteiger charge is -2.05.